The van der Waals surface area contributed by atoms with Crippen LogP contribution in [0.25, 0.3) is 0 Å². The Morgan fingerprint density at radius 1 is 0.958 bits per heavy atom. The van der Waals surface area contributed by atoms with Crippen molar-refractivity contribution in [3.63, 3.8) is 0 Å². The van der Waals surface area contributed by atoms with Crippen molar-refractivity contribution in [1.82, 2.24) is 0 Å². The van der Waals surface area contributed by atoms with Gasteiger partial charge in [0.25, 0.3) is 0 Å². The second-order valence-corrected chi connectivity index (χ2v) is 6.47. The third-order valence-electron chi connectivity index (χ3n) is 4.44. The van der Waals surface area contributed by atoms with Crippen molar-refractivity contribution in [2.45, 2.75) is 33.1 Å². The highest BCUT2D eigenvalue weighted by Gasteiger charge is 2.19. The maximum atomic E-state index is 12.8. The first-order chi connectivity index (χ1) is 11.6. The van der Waals surface area contributed by atoms with Gasteiger partial charge in [-0.25, -0.2) is 0 Å². The average molecular weight is 320 g/mol. The van der Waals surface area contributed by atoms with Crippen LogP contribution in [0.2, 0.25) is 0 Å². The number of rotatable bonds is 4. The maximum Gasteiger partial charge on any atom is 0.182 e. The number of aryl methyl sites for hydroxylation is 2. The molecule has 1 heterocycles. The summed E-state index contributed by atoms with van der Waals surface area (Å²) in [5.41, 5.74) is 4.18. The largest absolute Gasteiger partial charge is 0.322 e. The molecule has 0 N–H and O–H groups in total. The number of carbonyl (C=O) groups excluding carboxylic acids is 1. The van der Waals surface area contributed by atoms with Crippen LogP contribution in [0.5, 0.6) is 0 Å². The smallest absolute Gasteiger partial charge is 0.182 e. The average Bonchev–Trinajstić information content (AvgIpc) is 2.62. The molecule has 0 aromatic heterocycles. The minimum absolute atomic E-state index is 0.129. The molecule has 0 saturated heterocycles. The molecule has 1 aliphatic rings. The molecule has 0 amide bonds. The Bertz CT molecular complexity index is 729. The van der Waals surface area contributed by atoms with Gasteiger partial charge in [-0.3, -0.25) is 9.79 Å². The third-order valence-corrected chi connectivity index (χ3v) is 4.44. The fourth-order valence-corrected chi connectivity index (χ4v) is 2.93. The molecule has 0 atom stereocenters. The number of ketones is 1. The Kier molecular flexibility index (Phi) is 5.09. The van der Waals surface area contributed by atoms with E-state index in [1.807, 2.05) is 31.2 Å². The van der Waals surface area contributed by atoms with Gasteiger partial charge in [-0.2, -0.15) is 0 Å². The number of amidine groups is 1. The van der Waals surface area contributed by atoms with E-state index in [4.69, 9.17) is 0 Å². The van der Waals surface area contributed by atoms with E-state index in [0.29, 0.717) is 6.54 Å². The van der Waals surface area contributed by atoms with Crippen molar-refractivity contribution in [1.29, 1.82) is 0 Å². The molecule has 1 aliphatic heterocycles. The van der Waals surface area contributed by atoms with Gasteiger partial charge >= 0.3 is 0 Å². The molecule has 24 heavy (non-hydrogen) atoms. The molecular weight excluding hydrogens is 296 g/mol. The van der Waals surface area contributed by atoms with E-state index < -0.39 is 0 Å². The molecule has 124 valence electrons. The molecule has 0 aliphatic carbocycles. The summed E-state index contributed by atoms with van der Waals surface area (Å²) >= 11 is 0. The Labute approximate surface area is 144 Å². The number of aliphatic imine (C=N–C) groups is 1. The third kappa shape index (κ3) is 3.91. The predicted molar refractivity (Wildman–Crippen MR) is 100 cm³/mol. The molecule has 0 bridgehead atoms. The van der Waals surface area contributed by atoms with Crippen molar-refractivity contribution in [2.24, 2.45) is 4.99 Å². The van der Waals surface area contributed by atoms with E-state index in [2.05, 4.69) is 41.1 Å². The highest BCUT2D eigenvalue weighted by Crippen LogP contribution is 2.20. The lowest BCUT2D eigenvalue weighted by Gasteiger charge is -2.28. The Morgan fingerprint density at radius 3 is 2.17 bits per heavy atom. The summed E-state index contributed by atoms with van der Waals surface area (Å²) in [7, 11) is 0. The Hall–Kier alpha value is -2.42. The summed E-state index contributed by atoms with van der Waals surface area (Å²) in [6.45, 7) is 5.30. The zero-order valence-corrected chi connectivity index (χ0v) is 14.5. The summed E-state index contributed by atoms with van der Waals surface area (Å²) in [5, 5.41) is 0. The van der Waals surface area contributed by atoms with Gasteiger partial charge < -0.3 is 4.90 Å². The van der Waals surface area contributed by atoms with E-state index in [-0.39, 0.29) is 5.78 Å². The molecule has 0 saturated carbocycles. The minimum Gasteiger partial charge on any atom is -0.322 e. The van der Waals surface area contributed by atoms with Crippen LogP contribution in [0.3, 0.4) is 0 Å². The molecule has 2 aromatic carbocycles. The van der Waals surface area contributed by atoms with Crippen LogP contribution in [-0.2, 0) is 0 Å². The zero-order chi connectivity index (χ0) is 16.9. The standard InChI is InChI=1S/C21H24N2O/c1-16-6-10-18(11-7-16)20(24)15-23(21-5-3-4-14-22-21)19-12-8-17(2)9-13-19/h6-13H,3-5,14-15H2,1-2H3. The van der Waals surface area contributed by atoms with E-state index in [0.717, 1.165) is 42.9 Å². The molecule has 3 nitrogen and oxygen atoms in total. The van der Waals surface area contributed by atoms with Gasteiger partial charge in [0.2, 0.25) is 0 Å². The number of carbonyl (C=O) groups is 1. The molecular formula is C21H24N2O. The topological polar surface area (TPSA) is 32.7 Å². The van der Waals surface area contributed by atoms with E-state index >= 15 is 0 Å². The van der Waals surface area contributed by atoms with Crippen LogP contribution in [0.15, 0.2) is 53.5 Å². The minimum atomic E-state index is 0.129. The fraction of sp³-hybridized carbons (Fsp3) is 0.333. The number of hydrogen-bond donors (Lipinski definition) is 0. The van der Waals surface area contributed by atoms with Gasteiger partial charge in [-0.05, 0) is 38.8 Å². The van der Waals surface area contributed by atoms with E-state index in [9.17, 15) is 4.79 Å². The van der Waals surface area contributed by atoms with Crippen LogP contribution in [-0.4, -0.2) is 24.7 Å². The first kappa shape index (κ1) is 16.4. The highest BCUT2D eigenvalue weighted by molar-refractivity contribution is 6.07. The summed E-state index contributed by atoms with van der Waals surface area (Å²) in [6, 6.07) is 16.1. The normalized spacial score (nSPS) is 14.2. The van der Waals surface area contributed by atoms with Crippen molar-refractivity contribution in [3.8, 4) is 0 Å². The van der Waals surface area contributed by atoms with Crippen LogP contribution in [0.4, 0.5) is 5.69 Å². The number of Topliss-reactive ketones (excluding diaryl/α,β-unsaturated/α-hetero) is 1. The molecule has 0 spiro atoms. The molecule has 3 heteroatoms. The predicted octanol–water partition coefficient (Wildman–Crippen LogP) is 4.58. The number of anilines is 1. The molecule has 0 fully saturated rings. The zero-order valence-electron chi connectivity index (χ0n) is 14.5. The molecule has 0 radical (unpaired) electrons. The second kappa shape index (κ2) is 7.43. The SMILES string of the molecule is Cc1ccc(C(=O)CN(C2=NCCCC2)c2ccc(C)cc2)cc1. The summed E-state index contributed by atoms with van der Waals surface area (Å²) < 4.78 is 0. The van der Waals surface area contributed by atoms with Crippen LogP contribution < -0.4 is 4.90 Å². The quantitative estimate of drug-likeness (QED) is 0.773. The van der Waals surface area contributed by atoms with Crippen LogP contribution in [0, 0.1) is 13.8 Å². The summed E-state index contributed by atoms with van der Waals surface area (Å²) in [5.74, 6) is 1.16. The first-order valence-corrected chi connectivity index (χ1v) is 8.61. The van der Waals surface area contributed by atoms with Crippen LogP contribution in [0.1, 0.15) is 40.7 Å². The second-order valence-electron chi connectivity index (χ2n) is 6.47. The molecule has 3 rings (SSSR count). The number of hydrogen-bond acceptors (Lipinski definition) is 3. The Balaban J connectivity index is 1.86. The fourth-order valence-electron chi connectivity index (χ4n) is 2.93. The van der Waals surface area contributed by atoms with Crippen molar-refractivity contribution < 1.29 is 4.79 Å². The van der Waals surface area contributed by atoms with Gasteiger partial charge in [0.05, 0.1) is 6.54 Å². The van der Waals surface area contributed by atoms with Gasteiger partial charge in [-0.1, -0.05) is 47.5 Å². The van der Waals surface area contributed by atoms with Crippen LogP contribution >= 0.6 is 0 Å². The van der Waals surface area contributed by atoms with Crippen molar-refractivity contribution >= 4 is 17.3 Å². The summed E-state index contributed by atoms with van der Waals surface area (Å²) in [4.78, 5) is 19.5. The lowest BCUT2D eigenvalue weighted by atomic mass is 10.1. The van der Waals surface area contributed by atoms with E-state index in [1.165, 1.54) is 11.1 Å². The Morgan fingerprint density at radius 2 is 1.58 bits per heavy atom. The van der Waals surface area contributed by atoms with Gasteiger partial charge in [0.15, 0.2) is 5.78 Å². The number of nitrogens with zero attached hydrogens (tertiary/aromatic N) is 2. The van der Waals surface area contributed by atoms with Crippen molar-refractivity contribution in [2.75, 3.05) is 18.0 Å². The summed E-state index contributed by atoms with van der Waals surface area (Å²) in [6.07, 6.45) is 3.21. The lowest BCUT2D eigenvalue weighted by Crippen LogP contribution is -2.37. The van der Waals surface area contributed by atoms with Gasteiger partial charge in [0.1, 0.15) is 5.84 Å². The monoisotopic (exact) mass is 320 g/mol. The molecule has 2 aromatic rings. The molecule has 0 unspecified atom stereocenters. The lowest BCUT2D eigenvalue weighted by molar-refractivity contribution is 0.100. The van der Waals surface area contributed by atoms with E-state index in [1.54, 1.807) is 0 Å². The van der Waals surface area contributed by atoms with Gasteiger partial charge in [-0.15, -0.1) is 0 Å². The maximum absolute atomic E-state index is 12.8. The highest BCUT2D eigenvalue weighted by atomic mass is 16.1. The number of benzene rings is 2. The van der Waals surface area contributed by atoms with Crippen molar-refractivity contribution in [3.05, 3.63) is 65.2 Å². The first-order valence-electron chi connectivity index (χ1n) is 8.61. The van der Waals surface area contributed by atoms with Gasteiger partial charge in [0, 0.05) is 24.2 Å².